The topological polar surface area (TPSA) is 39.4 Å². The quantitative estimate of drug-likeness (QED) is 0.468. The van der Waals surface area contributed by atoms with Crippen molar-refractivity contribution in [2.45, 2.75) is 10.8 Å². The molecule has 4 nitrogen and oxygen atoms in total. The van der Waals surface area contributed by atoms with Crippen molar-refractivity contribution in [2.24, 2.45) is 0 Å². The second-order valence-electron chi connectivity index (χ2n) is 5.34. The van der Waals surface area contributed by atoms with Gasteiger partial charge < -0.3 is 4.74 Å². The third kappa shape index (κ3) is 3.25. The molecule has 0 atom stereocenters. The smallest absolute Gasteiger partial charge is 0.243 e. The van der Waals surface area contributed by atoms with Gasteiger partial charge in [-0.2, -0.15) is 21.0 Å². The van der Waals surface area contributed by atoms with Gasteiger partial charge in [0.05, 0.1) is 7.11 Å². The van der Waals surface area contributed by atoms with E-state index in [0.29, 0.717) is 17.2 Å². The van der Waals surface area contributed by atoms with Crippen molar-refractivity contribution in [1.82, 2.24) is 14.6 Å². The number of aromatic nitrogens is 3. The van der Waals surface area contributed by atoms with E-state index in [1.165, 1.54) is 17.7 Å². The summed E-state index contributed by atoms with van der Waals surface area (Å²) in [5.41, 5.74) is 3.41. The van der Waals surface area contributed by atoms with E-state index in [-0.39, 0.29) is 5.82 Å². The Labute approximate surface area is 152 Å². The fourth-order valence-electron chi connectivity index (χ4n) is 2.48. The minimum Gasteiger partial charge on any atom is -0.479 e. The van der Waals surface area contributed by atoms with Crippen LogP contribution in [0.25, 0.3) is 16.9 Å². The summed E-state index contributed by atoms with van der Waals surface area (Å²) < 4.78 is 20.4. The number of thiophene rings is 1. The first-order valence-electron chi connectivity index (χ1n) is 7.58. The molecule has 25 heavy (non-hydrogen) atoms. The maximum absolute atomic E-state index is 13.2. The van der Waals surface area contributed by atoms with E-state index in [1.54, 1.807) is 46.9 Å². The van der Waals surface area contributed by atoms with Crippen molar-refractivity contribution in [3.8, 4) is 17.1 Å². The molecular weight excluding hydrogens is 357 g/mol. The number of halogens is 1. The van der Waals surface area contributed by atoms with Crippen LogP contribution in [-0.4, -0.2) is 21.7 Å². The highest BCUT2D eigenvalue weighted by Crippen LogP contribution is 2.31. The first kappa shape index (κ1) is 16.1. The van der Waals surface area contributed by atoms with Crippen LogP contribution in [0.4, 0.5) is 4.39 Å². The van der Waals surface area contributed by atoms with E-state index in [1.807, 2.05) is 12.1 Å². The predicted molar refractivity (Wildman–Crippen MR) is 98.8 cm³/mol. The van der Waals surface area contributed by atoms with Crippen molar-refractivity contribution in [3.63, 3.8) is 0 Å². The molecule has 0 fully saturated rings. The van der Waals surface area contributed by atoms with Gasteiger partial charge in [-0.15, -0.1) is 0 Å². The lowest BCUT2D eigenvalue weighted by Crippen LogP contribution is -1.97. The summed E-state index contributed by atoms with van der Waals surface area (Å²) in [6, 6.07) is 12.2. The van der Waals surface area contributed by atoms with Crippen LogP contribution in [-0.2, 0) is 5.75 Å². The van der Waals surface area contributed by atoms with Gasteiger partial charge in [-0.25, -0.2) is 9.37 Å². The Bertz CT molecular complexity index is 997. The number of fused-ring (bicyclic) bond motifs is 1. The number of ether oxygens (including phenoxy) is 1. The van der Waals surface area contributed by atoms with Crippen molar-refractivity contribution >= 4 is 28.7 Å². The Morgan fingerprint density at radius 1 is 1.16 bits per heavy atom. The molecule has 4 aromatic rings. The minimum atomic E-state index is -0.281. The summed E-state index contributed by atoms with van der Waals surface area (Å²) in [6.07, 6.45) is 0. The van der Waals surface area contributed by atoms with Crippen LogP contribution in [0.5, 0.6) is 5.88 Å². The zero-order valence-electron chi connectivity index (χ0n) is 13.3. The Balaban J connectivity index is 1.70. The average molecular weight is 371 g/mol. The van der Waals surface area contributed by atoms with Gasteiger partial charge in [-0.1, -0.05) is 11.8 Å². The van der Waals surface area contributed by atoms with Gasteiger partial charge in [0.1, 0.15) is 16.5 Å². The molecule has 4 rings (SSSR count). The molecule has 3 aromatic heterocycles. The molecule has 126 valence electrons. The summed E-state index contributed by atoms with van der Waals surface area (Å²) in [5, 5.41) is 9.72. The van der Waals surface area contributed by atoms with Gasteiger partial charge in [-0.05, 0) is 58.8 Å². The van der Waals surface area contributed by atoms with Crippen molar-refractivity contribution < 1.29 is 9.13 Å². The van der Waals surface area contributed by atoms with Crippen LogP contribution in [0.1, 0.15) is 5.56 Å². The third-order valence-electron chi connectivity index (χ3n) is 3.69. The van der Waals surface area contributed by atoms with Gasteiger partial charge in [-0.3, -0.25) is 0 Å². The maximum Gasteiger partial charge on any atom is 0.243 e. The molecule has 0 amide bonds. The van der Waals surface area contributed by atoms with Crippen LogP contribution >= 0.6 is 23.1 Å². The number of methoxy groups -OCH3 is 1. The van der Waals surface area contributed by atoms with Crippen molar-refractivity contribution in [2.75, 3.05) is 7.11 Å². The summed E-state index contributed by atoms with van der Waals surface area (Å²) in [5.74, 6) is 1.13. The van der Waals surface area contributed by atoms with Crippen LogP contribution in [0.3, 0.4) is 0 Å². The van der Waals surface area contributed by atoms with Gasteiger partial charge in [0.15, 0.2) is 5.65 Å². The highest BCUT2D eigenvalue weighted by Gasteiger charge is 2.16. The number of imidazole rings is 1. The Morgan fingerprint density at radius 3 is 2.72 bits per heavy atom. The molecule has 0 aliphatic carbocycles. The normalized spacial score (nSPS) is 11.1. The molecule has 0 N–H and O–H groups in total. The van der Waals surface area contributed by atoms with E-state index in [2.05, 4.69) is 26.9 Å². The second-order valence-corrected chi connectivity index (χ2v) is 7.11. The maximum atomic E-state index is 13.2. The zero-order chi connectivity index (χ0) is 17.2. The number of benzene rings is 1. The number of hydrogen-bond acceptors (Lipinski definition) is 5. The lowest BCUT2D eigenvalue weighted by Gasteiger charge is -2.04. The molecule has 0 bridgehead atoms. The molecule has 0 radical (unpaired) electrons. The Hall–Kier alpha value is -2.38. The molecule has 0 spiro atoms. The number of rotatable bonds is 5. The highest BCUT2D eigenvalue weighted by molar-refractivity contribution is 7.98. The molecule has 0 saturated carbocycles. The molecule has 0 aliphatic rings. The Kier molecular flexibility index (Phi) is 4.42. The number of thioether (sulfide) groups is 1. The van der Waals surface area contributed by atoms with E-state index in [0.717, 1.165) is 16.3 Å². The van der Waals surface area contributed by atoms with Crippen LogP contribution in [0.15, 0.2) is 58.3 Å². The van der Waals surface area contributed by atoms with E-state index < -0.39 is 0 Å². The van der Waals surface area contributed by atoms with Gasteiger partial charge in [0.25, 0.3) is 0 Å². The zero-order valence-corrected chi connectivity index (χ0v) is 15.0. The third-order valence-corrected chi connectivity index (χ3v) is 5.41. The van der Waals surface area contributed by atoms with Crippen molar-refractivity contribution in [1.29, 1.82) is 0 Å². The summed E-state index contributed by atoms with van der Waals surface area (Å²) >= 11 is 3.35. The molecule has 3 heterocycles. The van der Waals surface area contributed by atoms with Crippen LogP contribution in [0.2, 0.25) is 0 Å². The standard InChI is InChI=1S/C18H14FN3OS2/c1-23-18-17(13-2-4-14(19)5-3-13)20-15-6-7-16(21-22(15)18)25-11-12-8-9-24-10-12/h2-10H,11H2,1H3. The SMILES string of the molecule is COc1c(-c2ccc(F)cc2)nc2ccc(SCc3ccsc3)nn12. The van der Waals surface area contributed by atoms with E-state index in [4.69, 9.17) is 4.74 Å². The predicted octanol–water partition coefficient (Wildman–Crippen LogP) is 4.90. The average Bonchev–Trinajstić information content (AvgIpc) is 3.27. The summed E-state index contributed by atoms with van der Waals surface area (Å²) in [6.45, 7) is 0. The summed E-state index contributed by atoms with van der Waals surface area (Å²) in [7, 11) is 1.59. The van der Waals surface area contributed by atoms with Gasteiger partial charge in [0.2, 0.25) is 5.88 Å². The van der Waals surface area contributed by atoms with E-state index >= 15 is 0 Å². The Morgan fingerprint density at radius 2 is 2.00 bits per heavy atom. The van der Waals surface area contributed by atoms with Crippen molar-refractivity contribution in [3.05, 3.63) is 64.6 Å². The largest absolute Gasteiger partial charge is 0.479 e. The van der Waals surface area contributed by atoms with Gasteiger partial charge >= 0.3 is 0 Å². The first-order chi connectivity index (χ1) is 12.2. The monoisotopic (exact) mass is 371 g/mol. The lowest BCUT2D eigenvalue weighted by atomic mass is 10.1. The fourth-order valence-corrected chi connectivity index (χ4v) is 4.06. The molecule has 0 saturated heterocycles. The molecule has 1 aromatic carbocycles. The molecule has 7 heteroatoms. The molecular formula is C18H14FN3OS2. The molecule has 0 unspecified atom stereocenters. The summed E-state index contributed by atoms with van der Waals surface area (Å²) in [4.78, 5) is 4.58. The van der Waals surface area contributed by atoms with Crippen LogP contribution < -0.4 is 4.74 Å². The van der Waals surface area contributed by atoms with E-state index in [9.17, 15) is 4.39 Å². The second kappa shape index (κ2) is 6.85. The first-order valence-corrected chi connectivity index (χ1v) is 9.51. The fraction of sp³-hybridized carbons (Fsp3) is 0.111. The molecule has 0 aliphatic heterocycles. The van der Waals surface area contributed by atoms with Crippen LogP contribution in [0, 0.1) is 5.82 Å². The lowest BCUT2D eigenvalue weighted by molar-refractivity contribution is 0.387. The highest BCUT2D eigenvalue weighted by atomic mass is 32.2. The number of hydrogen-bond donors (Lipinski definition) is 0. The number of nitrogens with zero attached hydrogens (tertiary/aromatic N) is 3. The van der Waals surface area contributed by atoms with Gasteiger partial charge in [0, 0.05) is 11.3 Å². The minimum absolute atomic E-state index is 0.281.